The number of alkyl halides is 3. The fraction of sp³-hybridized carbons (Fsp3) is 1.00. The molecular formula is C6H9Cl3. The second kappa shape index (κ2) is 1.93. The van der Waals surface area contributed by atoms with Crippen LogP contribution in [-0.4, -0.2) is 10.2 Å². The van der Waals surface area contributed by atoms with Gasteiger partial charge >= 0.3 is 0 Å². The monoisotopic (exact) mass is 186 g/mol. The second-order valence-electron chi connectivity index (χ2n) is 2.90. The molecule has 0 N–H and O–H groups in total. The van der Waals surface area contributed by atoms with Gasteiger partial charge in [0.2, 0.25) is 0 Å². The van der Waals surface area contributed by atoms with E-state index in [-0.39, 0.29) is 5.41 Å². The maximum absolute atomic E-state index is 5.88. The maximum Gasteiger partial charge on any atom is 0.128 e. The number of hydrogen-bond acceptors (Lipinski definition) is 0. The summed E-state index contributed by atoms with van der Waals surface area (Å²) in [6.07, 6.45) is 0. The van der Waals surface area contributed by atoms with Crippen LogP contribution in [0.5, 0.6) is 0 Å². The van der Waals surface area contributed by atoms with Crippen molar-refractivity contribution in [1.82, 2.24) is 0 Å². The van der Waals surface area contributed by atoms with E-state index < -0.39 is 4.33 Å². The number of rotatable bonds is 1. The Morgan fingerprint density at radius 2 is 1.78 bits per heavy atom. The van der Waals surface area contributed by atoms with Gasteiger partial charge in [0, 0.05) is 11.3 Å². The van der Waals surface area contributed by atoms with Gasteiger partial charge in [-0.25, -0.2) is 0 Å². The van der Waals surface area contributed by atoms with Crippen molar-refractivity contribution in [2.75, 3.05) is 5.88 Å². The van der Waals surface area contributed by atoms with E-state index in [1.54, 1.807) is 0 Å². The Morgan fingerprint density at radius 3 is 1.78 bits per heavy atom. The van der Waals surface area contributed by atoms with Crippen LogP contribution in [0.4, 0.5) is 0 Å². The molecule has 1 saturated carbocycles. The number of hydrogen-bond donors (Lipinski definition) is 0. The lowest BCUT2D eigenvalue weighted by Gasteiger charge is -2.04. The minimum atomic E-state index is -0.575. The topological polar surface area (TPSA) is 0 Å². The van der Waals surface area contributed by atoms with Gasteiger partial charge in [-0.3, -0.25) is 0 Å². The predicted octanol–water partition coefficient (Wildman–Crippen LogP) is 3.06. The molecule has 0 aliphatic heterocycles. The van der Waals surface area contributed by atoms with E-state index in [0.717, 1.165) is 0 Å². The van der Waals surface area contributed by atoms with Crippen LogP contribution in [0.15, 0.2) is 0 Å². The van der Waals surface area contributed by atoms with Gasteiger partial charge in [0.1, 0.15) is 4.33 Å². The summed E-state index contributed by atoms with van der Waals surface area (Å²) >= 11 is 17.4. The molecule has 1 rings (SSSR count). The normalized spacial score (nSPS) is 47.0. The fourth-order valence-electron chi connectivity index (χ4n) is 1.01. The van der Waals surface area contributed by atoms with Crippen molar-refractivity contribution in [2.24, 2.45) is 11.3 Å². The summed E-state index contributed by atoms with van der Waals surface area (Å²) in [5.41, 5.74) is -0.0579. The molecule has 1 aliphatic carbocycles. The molecule has 0 aromatic heterocycles. The Hall–Kier alpha value is 0.870. The molecule has 0 bridgehead atoms. The molecule has 0 nitrogen and oxygen atoms in total. The van der Waals surface area contributed by atoms with Crippen molar-refractivity contribution in [3.63, 3.8) is 0 Å². The maximum atomic E-state index is 5.88. The first-order valence-corrected chi connectivity index (χ1v) is 4.19. The van der Waals surface area contributed by atoms with Crippen molar-refractivity contribution in [3.05, 3.63) is 0 Å². The van der Waals surface area contributed by atoms with Gasteiger partial charge in [0.05, 0.1) is 0 Å². The first kappa shape index (κ1) is 7.97. The highest BCUT2D eigenvalue weighted by atomic mass is 35.5. The Morgan fingerprint density at radius 1 is 1.44 bits per heavy atom. The van der Waals surface area contributed by atoms with Crippen molar-refractivity contribution < 1.29 is 0 Å². The van der Waals surface area contributed by atoms with E-state index in [1.807, 2.05) is 13.8 Å². The van der Waals surface area contributed by atoms with Crippen LogP contribution in [0.2, 0.25) is 0 Å². The van der Waals surface area contributed by atoms with Gasteiger partial charge in [-0.2, -0.15) is 0 Å². The zero-order valence-electron chi connectivity index (χ0n) is 5.42. The molecule has 1 fully saturated rings. The first-order valence-electron chi connectivity index (χ1n) is 2.90. The van der Waals surface area contributed by atoms with E-state index in [4.69, 9.17) is 34.8 Å². The summed E-state index contributed by atoms with van der Waals surface area (Å²) in [5, 5.41) is 0. The SMILES string of the molecule is C[C@H]1C(Cl)(Cl)[C@]1(C)CCl. The largest absolute Gasteiger partial charge is 0.128 e. The highest BCUT2D eigenvalue weighted by Gasteiger charge is 2.69. The summed E-state index contributed by atoms with van der Waals surface area (Å²) in [4.78, 5) is 0. The van der Waals surface area contributed by atoms with E-state index in [2.05, 4.69) is 0 Å². The van der Waals surface area contributed by atoms with Gasteiger partial charge in [0.15, 0.2) is 0 Å². The zero-order valence-corrected chi connectivity index (χ0v) is 7.69. The Labute approximate surface area is 70.5 Å². The highest BCUT2D eigenvalue weighted by Crippen LogP contribution is 2.68. The number of halogens is 3. The molecule has 0 spiro atoms. The van der Waals surface area contributed by atoms with Gasteiger partial charge in [-0.15, -0.1) is 34.8 Å². The third kappa shape index (κ3) is 0.800. The van der Waals surface area contributed by atoms with Crippen LogP contribution in [0.25, 0.3) is 0 Å². The van der Waals surface area contributed by atoms with Crippen LogP contribution >= 0.6 is 34.8 Å². The van der Waals surface area contributed by atoms with E-state index in [0.29, 0.717) is 11.8 Å². The zero-order chi connectivity index (χ0) is 7.28. The molecule has 2 atom stereocenters. The summed E-state index contributed by atoms with van der Waals surface area (Å²) < 4.78 is -0.575. The van der Waals surface area contributed by atoms with Crippen molar-refractivity contribution in [2.45, 2.75) is 18.2 Å². The van der Waals surface area contributed by atoms with E-state index in [9.17, 15) is 0 Å². The fourth-order valence-corrected chi connectivity index (χ4v) is 2.42. The Balaban J connectivity index is 2.70. The minimum Gasteiger partial charge on any atom is -0.126 e. The lowest BCUT2D eigenvalue weighted by Crippen LogP contribution is -2.05. The van der Waals surface area contributed by atoms with Gasteiger partial charge < -0.3 is 0 Å². The highest BCUT2D eigenvalue weighted by molar-refractivity contribution is 6.52. The van der Waals surface area contributed by atoms with E-state index in [1.165, 1.54) is 0 Å². The van der Waals surface area contributed by atoms with Crippen LogP contribution < -0.4 is 0 Å². The molecule has 0 saturated heterocycles. The van der Waals surface area contributed by atoms with Crippen LogP contribution in [0.3, 0.4) is 0 Å². The molecule has 0 amide bonds. The standard InChI is InChI=1S/C6H9Cl3/c1-4-5(2,3-7)6(4,8)9/h4H,3H2,1-2H3/t4-,5-/m1/s1. The summed E-state index contributed by atoms with van der Waals surface area (Å²) in [7, 11) is 0. The summed E-state index contributed by atoms with van der Waals surface area (Å²) in [6, 6.07) is 0. The predicted molar refractivity (Wildman–Crippen MR) is 42.4 cm³/mol. The van der Waals surface area contributed by atoms with Crippen molar-refractivity contribution >= 4 is 34.8 Å². The molecule has 3 heteroatoms. The molecule has 0 aromatic carbocycles. The minimum absolute atomic E-state index is 0.0579. The molecule has 0 aromatic rings. The molecule has 0 unspecified atom stereocenters. The third-order valence-electron chi connectivity index (χ3n) is 2.46. The first-order chi connectivity index (χ1) is 3.97. The quantitative estimate of drug-likeness (QED) is 0.554. The molecule has 0 radical (unpaired) electrons. The Bertz CT molecular complexity index is 132. The third-order valence-corrected chi connectivity index (χ3v) is 4.53. The van der Waals surface area contributed by atoms with Gasteiger partial charge in [0.25, 0.3) is 0 Å². The van der Waals surface area contributed by atoms with Crippen molar-refractivity contribution in [3.8, 4) is 0 Å². The molecule has 54 valence electrons. The smallest absolute Gasteiger partial charge is 0.126 e. The molecular weight excluding hydrogens is 178 g/mol. The van der Waals surface area contributed by atoms with Gasteiger partial charge in [-0.05, 0) is 5.92 Å². The van der Waals surface area contributed by atoms with E-state index >= 15 is 0 Å². The summed E-state index contributed by atoms with van der Waals surface area (Å²) in [6.45, 7) is 4.02. The lowest BCUT2D eigenvalue weighted by molar-refractivity contribution is 0.590. The van der Waals surface area contributed by atoms with Crippen molar-refractivity contribution in [1.29, 1.82) is 0 Å². The lowest BCUT2D eigenvalue weighted by atomic mass is 10.1. The van der Waals surface area contributed by atoms with Gasteiger partial charge in [-0.1, -0.05) is 13.8 Å². The van der Waals surface area contributed by atoms with Crippen LogP contribution in [0, 0.1) is 11.3 Å². The summed E-state index contributed by atoms with van der Waals surface area (Å²) in [5.74, 6) is 0.868. The molecule has 1 aliphatic rings. The van der Waals surface area contributed by atoms with Crippen LogP contribution in [0.1, 0.15) is 13.8 Å². The van der Waals surface area contributed by atoms with Crippen LogP contribution in [-0.2, 0) is 0 Å². The Kier molecular flexibility index (Phi) is 1.71. The second-order valence-corrected chi connectivity index (χ2v) is 4.55. The average Bonchev–Trinajstić information content (AvgIpc) is 2.16. The molecule has 0 heterocycles. The molecule has 9 heavy (non-hydrogen) atoms. The average molecular weight is 187 g/mol.